The third-order valence-electron chi connectivity index (χ3n) is 9.92. The molecule has 0 aromatic heterocycles. The molecule has 0 saturated carbocycles. The number of nitrogens with zero attached hydrogens (tertiary/aromatic N) is 2. The molecule has 6 nitrogen and oxygen atoms in total. The highest BCUT2D eigenvalue weighted by Gasteiger charge is 2.42. The summed E-state index contributed by atoms with van der Waals surface area (Å²) < 4.78 is 58.1. The number of anilines is 6. The van der Waals surface area contributed by atoms with Gasteiger partial charge in [-0.25, -0.2) is 16.8 Å². The zero-order valence-electron chi connectivity index (χ0n) is 28.4. The van der Waals surface area contributed by atoms with Crippen LogP contribution in [0.3, 0.4) is 0 Å². The fraction of sp³-hybridized carbons (Fsp3) is 0.0455. The molecular formula is C44H32N2O4S2. The van der Waals surface area contributed by atoms with Gasteiger partial charge in [-0.05, 0) is 110 Å². The maximum atomic E-state index is 14.5. The molecule has 0 atom stereocenters. The van der Waals surface area contributed by atoms with E-state index in [9.17, 15) is 16.8 Å². The Labute approximate surface area is 303 Å². The highest BCUT2D eigenvalue weighted by Crippen LogP contribution is 2.55. The summed E-state index contributed by atoms with van der Waals surface area (Å²) in [6.45, 7) is 3.77. The molecule has 0 amide bonds. The summed E-state index contributed by atoms with van der Waals surface area (Å²) in [6.07, 6.45) is 0. The van der Waals surface area contributed by atoms with E-state index < -0.39 is 19.7 Å². The normalized spacial score (nSPS) is 14.2. The third-order valence-corrected chi connectivity index (χ3v) is 13.6. The first-order chi connectivity index (χ1) is 25.1. The smallest absolute Gasteiger partial charge is 0.207 e. The van der Waals surface area contributed by atoms with E-state index in [1.54, 1.807) is 24.3 Å². The number of para-hydroxylation sites is 4. The Morgan fingerprint density at radius 2 is 0.635 bits per heavy atom. The first-order valence-corrected chi connectivity index (χ1v) is 19.9. The van der Waals surface area contributed by atoms with Gasteiger partial charge in [-0.1, -0.05) is 72.8 Å². The highest BCUT2D eigenvalue weighted by atomic mass is 32.2. The Balaban J connectivity index is 1.20. The van der Waals surface area contributed by atoms with E-state index in [1.165, 1.54) is 0 Å². The number of benzene rings is 7. The van der Waals surface area contributed by atoms with E-state index >= 15 is 0 Å². The number of sulfone groups is 2. The van der Waals surface area contributed by atoms with Gasteiger partial charge >= 0.3 is 0 Å². The Bertz CT molecular complexity index is 2500. The first kappa shape index (κ1) is 32.0. The summed E-state index contributed by atoms with van der Waals surface area (Å²) in [7, 11) is -8.01. The van der Waals surface area contributed by atoms with Crippen LogP contribution in [0.15, 0.2) is 177 Å². The lowest BCUT2D eigenvalue weighted by atomic mass is 9.95. The Morgan fingerprint density at radius 3 is 0.923 bits per heavy atom. The molecule has 7 aromatic rings. The van der Waals surface area contributed by atoms with Crippen LogP contribution in [0.4, 0.5) is 34.1 Å². The molecule has 0 fully saturated rings. The maximum absolute atomic E-state index is 14.5. The van der Waals surface area contributed by atoms with Crippen molar-refractivity contribution in [2.75, 3.05) is 9.80 Å². The van der Waals surface area contributed by atoms with Crippen LogP contribution >= 0.6 is 0 Å². The van der Waals surface area contributed by atoms with Gasteiger partial charge in [0, 0.05) is 56.4 Å². The average molecular weight is 717 g/mol. The predicted octanol–water partition coefficient (Wildman–Crippen LogP) is 10.9. The molecule has 0 bridgehead atoms. The van der Waals surface area contributed by atoms with Crippen molar-refractivity contribution < 1.29 is 16.8 Å². The van der Waals surface area contributed by atoms with Crippen molar-refractivity contribution >= 4 is 53.8 Å². The summed E-state index contributed by atoms with van der Waals surface area (Å²) in [5.41, 5.74) is 8.29. The van der Waals surface area contributed by atoms with Crippen LogP contribution in [-0.2, 0) is 19.7 Å². The van der Waals surface area contributed by atoms with Gasteiger partial charge in [-0.15, -0.1) is 0 Å². The molecule has 0 unspecified atom stereocenters. The zero-order valence-corrected chi connectivity index (χ0v) is 30.0. The SMILES string of the molecule is Cc1cc(N(c2ccccc2)c2ccccc2)cc2c1-c1cc3c(cc1S2(=O)=O)-c1c(C)cc(N(c2ccccc2)c2ccccc2)cc1S3(=O)=O. The van der Waals surface area contributed by atoms with Crippen molar-refractivity contribution in [3.63, 3.8) is 0 Å². The molecule has 0 aliphatic carbocycles. The molecule has 7 aromatic carbocycles. The topological polar surface area (TPSA) is 74.8 Å². The summed E-state index contributed by atoms with van der Waals surface area (Å²) >= 11 is 0. The van der Waals surface area contributed by atoms with Gasteiger partial charge in [0.15, 0.2) is 0 Å². The number of hydrogen-bond donors (Lipinski definition) is 0. The van der Waals surface area contributed by atoms with Gasteiger partial charge in [0.1, 0.15) is 0 Å². The second kappa shape index (κ2) is 11.8. The van der Waals surface area contributed by atoms with Crippen LogP contribution in [0.1, 0.15) is 11.1 Å². The molecule has 52 heavy (non-hydrogen) atoms. The van der Waals surface area contributed by atoms with Crippen molar-refractivity contribution in [2.24, 2.45) is 0 Å². The molecule has 2 aliphatic rings. The van der Waals surface area contributed by atoms with Crippen LogP contribution in [0, 0.1) is 13.8 Å². The van der Waals surface area contributed by atoms with Crippen molar-refractivity contribution in [3.8, 4) is 22.3 Å². The molecule has 0 saturated heterocycles. The van der Waals surface area contributed by atoms with Crippen LogP contribution in [-0.4, -0.2) is 16.8 Å². The lowest BCUT2D eigenvalue weighted by Gasteiger charge is -2.26. The van der Waals surface area contributed by atoms with Crippen LogP contribution < -0.4 is 9.80 Å². The molecule has 8 heteroatoms. The minimum atomic E-state index is -4.01. The zero-order chi connectivity index (χ0) is 35.8. The van der Waals surface area contributed by atoms with Crippen LogP contribution in [0.5, 0.6) is 0 Å². The van der Waals surface area contributed by atoms with E-state index in [2.05, 4.69) is 0 Å². The predicted molar refractivity (Wildman–Crippen MR) is 207 cm³/mol. The van der Waals surface area contributed by atoms with Gasteiger partial charge in [0.25, 0.3) is 0 Å². The minimum Gasteiger partial charge on any atom is -0.310 e. The van der Waals surface area contributed by atoms with Gasteiger partial charge in [0.05, 0.1) is 19.6 Å². The summed E-state index contributed by atoms with van der Waals surface area (Å²) in [4.78, 5) is 4.64. The van der Waals surface area contributed by atoms with Crippen LogP contribution in [0.25, 0.3) is 22.3 Å². The highest BCUT2D eigenvalue weighted by molar-refractivity contribution is 7.92. The Hall–Kier alpha value is -5.96. The second-order valence-corrected chi connectivity index (χ2v) is 16.9. The lowest BCUT2D eigenvalue weighted by Crippen LogP contribution is -2.11. The Kier molecular flexibility index (Phi) is 7.26. The van der Waals surface area contributed by atoms with Crippen LogP contribution in [0.2, 0.25) is 0 Å². The fourth-order valence-electron chi connectivity index (χ4n) is 7.68. The number of aryl methyl sites for hydroxylation is 2. The second-order valence-electron chi connectivity index (χ2n) is 13.1. The molecule has 0 spiro atoms. The van der Waals surface area contributed by atoms with Crippen molar-refractivity contribution in [2.45, 2.75) is 33.4 Å². The number of hydrogen-bond acceptors (Lipinski definition) is 6. The van der Waals surface area contributed by atoms with Crippen molar-refractivity contribution in [3.05, 3.63) is 169 Å². The summed E-state index contributed by atoms with van der Waals surface area (Å²) in [5.74, 6) is 0. The van der Waals surface area contributed by atoms with Crippen molar-refractivity contribution in [1.29, 1.82) is 0 Å². The standard InChI is InChI=1S/C44H32N2O4S2/c1-29-23-35(45(31-15-7-3-8-16-31)32-17-9-4-10-18-32)25-41-43(29)37-27-40-38(28-39(37)51(41,47)48)44-30(2)24-36(26-42(44)52(40,49)50)46(33-19-11-5-12-20-33)34-21-13-6-14-22-34/h3-28H,1-2H3. The van der Waals surface area contributed by atoms with E-state index in [-0.39, 0.29) is 19.6 Å². The largest absolute Gasteiger partial charge is 0.310 e. The Morgan fingerprint density at radius 1 is 0.346 bits per heavy atom. The molecule has 2 heterocycles. The lowest BCUT2D eigenvalue weighted by molar-refractivity contribution is 0.596. The summed E-state index contributed by atoms with van der Waals surface area (Å²) in [6, 6.07) is 49.8. The monoisotopic (exact) mass is 716 g/mol. The minimum absolute atomic E-state index is 0.120. The fourth-order valence-corrected chi connectivity index (χ4v) is 11.2. The summed E-state index contributed by atoms with van der Waals surface area (Å²) in [5, 5.41) is 0. The van der Waals surface area contributed by atoms with Gasteiger partial charge in [-0.2, -0.15) is 0 Å². The molecule has 9 rings (SSSR count). The van der Waals surface area contributed by atoms with Gasteiger partial charge in [-0.3, -0.25) is 0 Å². The number of rotatable bonds is 6. The molecule has 0 radical (unpaired) electrons. The van der Waals surface area contributed by atoms with E-state index in [0.29, 0.717) is 33.6 Å². The van der Waals surface area contributed by atoms with Gasteiger partial charge < -0.3 is 9.80 Å². The molecule has 0 N–H and O–H groups in total. The van der Waals surface area contributed by atoms with Gasteiger partial charge in [0.2, 0.25) is 19.7 Å². The molecule has 2 aliphatic heterocycles. The van der Waals surface area contributed by atoms with Crippen molar-refractivity contribution in [1.82, 2.24) is 0 Å². The quantitative estimate of drug-likeness (QED) is 0.171. The maximum Gasteiger partial charge on any atom is 0.207 e. The molecular weight excluding hydrogens is 685 g/mol. The number of fused-ring (bicyclic) bond motifs is 6. The first-order valence-electron chi connectivity index (χ1n) is 16.9. The average Bonchev–Trinajstić information content (AvgIpc) is 3.52. The van der Waals surface area contributed by atoms with E-state index in [1.807, 2.05) is 157 Å². The van der Waals surface area contributed by atoms with E-state index in [4.69, 9.17) is 0 Å². The molecule has 254 valence electrons. The third kappa shape index (κ3) is 4.82. The van der Waals surface area contributed by atoms with E-state index in [0.717, 1.165) is 33.9 Å².